The molecule has 0 unspecified atom stereocenters. The van der Waals surface area contributed by atoms with Crippen molar-refractivity contribution in [3.8, 4) is 0 Å². The number of fused-ring (bicyclic) bond motifs is 3. The Morgan fingerprint density at radius 3 is 3.21 bits per heavy atom. The predicted molar refractivity (Wildman–Crippen MR) is 55.2 cm³/mol. The second kappa shape index (κ2) is 2.81. The lowest BCUT2D eigenvalue weighted by atomic mass is 9.96. The van der Waals surface area contributed by atoms with E-state index >= 15 is 0 Å². The molecule has 1 aromatic rings. The van der Waals surface area contributed by atoms with E-state index in [9.17, 15) is 0 Å². The molecule has 2 aliphatic rings. The van der Waals surface area contributed by atoms with Crippen LogP contribution in [0.5, 0.6) is 0 Å². The first-order valence-corrected chi connectivity index (χ1v) is 5.25. The molecule has 2 heteroatoms. The van der Waals surface area contributed by atoms with Crippen LogP contribution in [0.15, 0.2) is 24.3 Å². The molecule has 0 bridgehead atoms. The average molecular weight is 189 g/mol. The molecular weight excluding hydrogens is 174 g/mol. The van der Waals surface area contributed by atoms with Crippen molar-refractivity contribution in [2.24, 2.45) is 0 Å². The van der Waals surface area contributed by atoms with Gasteiger partial charge in [0.15, 0.2) is 0 Å². The van der Waals surface area contributed by atoms with Gasteiger partial charge in [0.25, 0.3) is 0 Å². The number of morpholine rings is 1. The lowest BCUT2D eigenvalue weighted by molar-refractivity contribution is -0.0759. The van der Waals surface area contributed by atoms with Gasteiger partial charge in [-0.15, -0.1) is 0 Å². The Bertz CT molecular complexity index is 363. The van der Waals surface area contributed by atoms with E-state index in [1.165, 1.54) is 11.1 Å². The Balaban J connectivity index is 2.07. The highest BCUT2D eigenvalue weighted by Crippen LogP contribution is 2.42. The van der Waals surface area contributed by atoms with Gasteiger partial charge in [-0.1, -0.05) is 24.3 Å². The van der Waals surface area contributed by atoms with E-state index in [2.05, 4.69) is 36.5 Å². The van der Waals surface area contributed by atoms with Crippen molar-refractivity contribution in [3.05, 3.63) is 35.4 Å². The van der Waals surface area contributed by atoms with E-state index in [1.54, 1.807) is 0 Å². The molecule has 3 rings (SSSR count). The average Bonchev–Trinajstić information content (AvgIpc) is 2.49. The first-order chi connectivity index (χ1) is 6.80. The molecule has 0 radical (unpaired) electrons. The van der Waals surface area contributed by atoms with Crippen LogP contribution in [0.3, 0.4) is 0 Å². The summed E-state index contributed by atoms with van der Waals surface area (Å²) in [6, 6.07) is 9.05. The second-order valence-electron chi connectivity index (χ2n) is 4.42. The second-order valence-corrected chi connectivity index (χ2v) is 4.42. The molecule has 1 aliphatic carbocycles. The zero-order chi connectivity index (χ0) is 9.60. The Labute approximate surface area is 84.3 Å². The minimum absolute atomic E-state index is 0.0120. The van der Waals surface area contributed by atoms with E-state index in [0.717, 1.165) is 19.6 Å². The van der Waals surface area contributed by atoms with Gasteiger partial charge in [-0.25, -0.2) is 0 Å². The summed E-state index contributed by atoms with van der Waals surface area (Å²) < 4.78 is 5.91. The molecule has 1 aliphatic heterocycles. The maximum absolute atomic E-state index is 5.91. The summed E-state index contributed by atoms with van der Waals surface area (Å²) in [7, 11) is 0. The van der Waals surface area contributed by atoms with Crippen molar-refractivity contribution in [2.75, 3.05) is 13.2 Å². The van der Waals surface area contributed by atoms with Crippen molar-refractivity contribution in [3.63, 3.8) is 0 Å². The van der Waals surface area contributed by atoms with Gasteiger partial charge in [0.05, 0.1) is 18.2 Å². The summed E-state index contributed by atoms with van der Waals surface area (Å²) >= 11 is 0. The zero-order valence-electron chi connectivity index (χ0n) is 8.42. The summed E-state index contributed by atoms with van der Waals surface area (Å²) in [6.07, 6.45) is 1.04. The van der Waals surface area contributed by atoms with Gasteiger partial charge in [0.2, 0.25) is 0 Å². The molecule has 2 nitrogen and oxygen atoms in total. The van der Waals surface area contributed by atoms with Gasteiger partial charge in [-0.05, 0) is 18.1 Å². The number of benzene rings is 1. The van der Waals surface area contributed by atoms with E-state index in [1.807, 2.05) is 0 Å². The highest BCUT2D eigenvalue weighted by molar-refractivity contribution is 5.39. The molecule has 1 aromatic carbocycles. The molecule has 74 valence electrons. The highest BCUT2D eigenvalue weighted by atomic mass is 16.5. The molecular formula is C12H15NO. The first kappa shape index (κ1) is 8.45. The van der Waals surface area contributed by atoms with E-state index in [-0.39, 0.29) is 5.60 Å². The fourth-order valence-corrected chi connectivity index (χ4v) is 2.73. The third-order valence-corrected chi connectivity index (χ3v) is 3.40. The van der Waals surface area contributed by atoms with Crippen LogP contribution in [-0.4, -0.2) is 18.8 Å². The smallest absolute Gasteiger partial charge is 0.0889 e. The Kier molecular flexibility index (Phi) is 1.70. The van der Waals surface area contributed by atoms with Gasteiger partial charge in [-0.3, -0.25) is 0 Å². The molecule has 1 fully saturated rings. The Morgan fingerprint density at radius 1 is 1.43 bits per heavy atom. The molecule has 14 heavy (non-hydrogen) atoms. The number of hydrogen-bond donors (Lipinski definition) is 1. The van der Waals surface area contributed by atoms with Crippen LogP contribution >= 0.6 is 0 Å². The van der Waals surface area contributed by atoms with Crippen molar-refractivity contribution >= 4 is 0 Å². The lowest BCUT2D eigenvalue weighted by Gasteiger charge is -2.37. The summed E-state index contributed by atoms with van der Waals surface area (Å²) in [5.41, 5.74) is 2.85. The van der Waals surface area contributed by atoms with Crippen LogP contribution in [0.1, 0.15) is 24.1 Å². The molecule has 1 saturated heterocycles. The minimum Gasteiger partial charge on any atom is -0.372 e. The van der Waals surface area contributed by atoms with Crippen LogP contribution in [0.25, 0.3) is 0 Å². The standard InChI is InChI=1S/C12H15NO/c1-12-8-9-4-2-3-5-10(9)11(12)13-6-7-14-12/h2-5,11,13H,6-8H2,1H3/t11-,12-/m0/s1. The maximum Gasteiger partial charge on any atom is 0.0889 e. The summed E-state index contributed by atoms with van der Waals surface area (Å²) in [5.74, 6) is 0. The van der Waals surface area contributed by atoms with Crippen molar-refractivity contribution in [1.82, 2.24) is 5.32 Å². The Hall–Kier alpha value is -0.860. The van der Waals surface area contributed by atoms with Crippen LogP contribution in [0.4, 0.5) is 0 Å². The fourth-order valence-electron chi connectivity index (χ4n) is 2.73. The quantitative estimate of drug-likeness (QED) is 0.670. The monoisotopic (exact) mass is 189 g/mol. The summed E-state index contributed by atoms with van der Waals surface area (Å²) in [6.45, 7) is 4.01. The van der Waals surface area contributed by atoms with Crippen LogP contribution in [0, 0.1) is 0 Å². The van der Waals surface area contributed by atoms with Gasteiger partial charge in [0.1, 0.15) is 0 Å². The van der Waals surface area contributed by atoms with Crippen molar-refractivity contribution < 1.29 is 4.74 Å². The van der Waals surface area contributed by atoms with Crippen LogP contribution in [-0.2, 0) is 11.2 Å². The van der Waals surface area contributed by atoms with Crippen LogP contribution < -0.4 is 5.32 Å². The molecule has 1 heterocycles. The molecule has 0 amide bonds. The van der Waals surface area contributed by atoms with E-state index < -0.39 is 0 Å². The lowest BCUT2D eigenvalue weighted by Crippen LogP contribution is -2.48. The summed E-state index contributed by atoms with van der Waals surface area (Å²) in [5, 5.41) is 3.55. The fraction of sp³-hybridized carbons (Fsp3) is 0.500. The molecule has 2 atom stereocenters. The van der Waals surface area contributed by atoms with Crippen LogP contribution in [0.2, 0.25) is 0 Å². The van der Waals surface area contributed by atoms with Gasteiger partial charge in [-0.2, -0.15) is 0 Å². The number of rotatable bonds is 0. The van der Waals surface area contributed by atoms with Gasteiger partial charge < -0.3 is 10.1 Å². The maximum atomic E-state index is 5.91. The molecule has 0 aromatic heterocycles. The third-order valence-electron chi connectivity index (χ3n) is 3.40. The van der Waals surface area contributed by atoms with E-state index in [0.29, 0.717) is 6.04 Å². The molecule has 0 saturated carbocycles. The predicted octanol–water partition coefficient (Wildman–Crippen LogP) is 1.66. The third kappa shape index (κ3) is 1.04. The topological polar surface area (TPSA) is 21.3 Å². The molecule has 1 N–H and O–H groups in total. The summed E-state index contributed by atoms with van der Waals surface area (Å²) in [4.78, 5) is 0. The number of ether oxygens (including phenoxy) is 1. The highest BCUT2D eigenvalue weighted by Gasteiger charge is 2.44. The van der Waals surface area contributed by atoms with Gasteiger partial charge in [0, 0.05) is 13.0 Å². The van der Waals surface area contributed by atoms with E-state index in [4.69, 9.17) is 4.74 Å². The van der Waals surface area contributed by atoms with Crippen molar-refractivity contribution in [2.45, 2.75) is 25.0 Å². The Morgan fingerprint density at radius 2 is 2.29 bits per heavy atom. The largest absolute Gasteiger partial charge is 0.372 e. The zero-order valence-corrected chi connectivity index (χ0v) is 8.42. The minimum atomic E-state index is -0.0120. The van der Waals surface area contributed by atoms with Gasteiger partial charge >= 0.3 is 0 Å². The van der Waals surface area contributed by atoms with Crippen molar-refractivity contribution in [1.29, 1.82) is 0 Å². The SMILES string of the molecule is C[C@]12Cc3ccccc3[C@@H]1NCCO2. The first-order valence-electron chi connectivity index (χ1n) is 5.25. The molecule has 0 spiro atoms. The number of nitrogens with one attached hydrogen (secondary N) is 1. The normalized spacial score (nSPS) is 35.1. The number of hydrogen-bond acceptors (Lipinski definition) is 2.